The number of nitrogens with zero attached hydrogens (tertiary/aromatic N) is 4. The first kappa shape index (κ1) is 20.1. The van der Waals surface area contributed by atoms with Crippen molar-refractivity contribution in [3.8, 4) is 11.3 Å². The van der Waals surface area contributed by atoms with Crippen LogP contribution in [0.4, 0.5) is 15.8 Å². The third kappa shape index (κ3) is 3.78. The molecule has 0 aliphatic carbocycles. The smallest absolute Gasteiger partial charge is 0.137 e. The van der Waals surface area contributed by atoms with Crippen molar-refractivity contribution >= 4 is 28.4 Å². The first-order valence-corrected chi connectivity index (χ1v) is 11.4. The van der Waals surface area contributed by atoms with E-state index in [1.807, 2.05) is 24.5 Å². The van der Waals surface area contributed by atoms with E-state index in [2.05, 4.69) is 37.8 Å². The molecule has 4 aromatic rings. The van der Waals surface area contributed by atoms with Gasteiger partial charge in [0.1, 0.15) is 17.3 Å². The van der Waals surface area contributed by atoms with Crippen LogP contribution in [-0.4, -0.2) is 34.3 Å². The van der Waals surface area contributed by atoms with Gasteiger partial charge < -0.3 is 20.0 Å². The van der Waals surface area contributed by atoms with Crippen molar-refractivity contribution in [1.29, 1.82) is 0 Å². The van der Waals surface area contributed by atoms with Crippen LogP contribution in [0, 0.1) is 5.82 Å². The zero-order chi connectivity index (χ0) is 22.4. The zero-order valence-corrected chi connectivity index (χ0v) is 18.4. The van der Waals surface area contributed by atoms with Gasteiger partial charge in [0, 0.05) is 40.6 Å². The summed E-state index contributed by atoms with van der Waals surface area (Å²) in [6, 6.07) is 12.9. The monoisotopic (exact) mass is 443 g/mol. The summed E-state index contributed by atoms with van der Waals surface area (Å²) in [6.45, 7) is 5.06. The highest BCUT2D eigenvalue weighted by Gasteiger charge is 2.20. The van der Waals surface area contributed by atoms with Crippen LogP contribution in [0.1, 0.15) is 24.2 Å². The quantitative estimate of drug-likeness (QED) is 0.435. The van der Waals surface area contributed by atoms with Crippen LogP contribution in [0.3, 0.4) is 0 Å². The van der Waals surface area contributed by atoms with E-state index in [0.717, 1.165) is 41.0 Å². The number of hydrogen-bond donors (Lipinski definition) is 1. The molecule has 2 aliphatic heterocycles. The van der Waals surface area contributed by atoms with Crippen LogP contribution in [-0.2, 0) is 13.1 Å². The van der Waals surface area contributed by atoms with Gasteiger partial charge in [0.15, 0.2) is 0 Å². The molecule has 168 valence electrons. The van der Waals surface area contributed by atoms with Gasteiger partial charge >= 0.3 is 0 Å². The van der Waals surface area contributed by atoms with E-state index in [4.69, 9.17) is 10.2 Å². The van der Waals surface area contributed by atoms with Crippen LogP contribution in [0.5, 0.6) is 0 Å². The summed E-state index contributed by atoms with van der Waals surface area (Å²) in [4.78, 5) is 4.70. The summed E-state index contributed by atoms with van der Waals surface area (Å²) >= 11 is 0. The Morgan fingerprint density at radius 1 is 1.03 bits per heavy atom. The maximum Gasteiger partial charge on any atom is 0.137 e. The topological polar surface area (TPSA) is 63.5 Å². The van der Waals surface area contributed by atoms with Crippen LogP contribution < -0.4 is 10.6 Å². The zero-order valence-electron chi connectivity index (χ0n) is 18.4. The predicted molar refractivity (Wildman–Crippen MR) is 129 cm³/mol. The molecule has 2 aromatic carbocycles. The Morgan fingerprint density at radius 2 is 1.91 bits per heavy atom. The number of halogens is 1. The average molecular weight is 444 g/mol. The summed E-state index contributed by atoms with van der Waals surface area (Å²) in [7, 11) is 0. The molecule has 0 spiro atoms. The number of furan rings is 1. The molecule has 4 heterocycles. The van der Waals surface area contributed by atoms with Gasteiger partial charge in [-0.2, -0.15) is 5.10 Å². The number of nitrogens with two attached hydrogens (primary N) is 1. The second kappa shape index (κ2) is 8.08. The Labute approximate surface area is 191 Å². The van der Waals surface area contributed by atoms with Crippen molar-refractivity contribution in [3.05, 3.63) is 72.0 Å². The van der Waals surface area contributed by atoms with Crippen LogP contribution in [0.2, 0.25) is 0 Å². The molecule has 33 heavy (non-hydrogen) atoms. The van der Waals surface area contributed by atoms with Gasteiger partial charge in [-0.05, 0) is 74.5 Å². The summed E-state index contributed by atoms with van der Waals surface area (Å²) in [6.07, 6.45) is 8.57. The van der Waals surface area contributed by atoms with Crippen molar-refractivity contribution in [2.45, 2.75) is 25.9 Å². The van der Waals surface area contributed by atoms with E-state index in [-0.39, 0.29) is 5.82 Å². The van der Waals surface area contributed by atoms with Gasteiger partial charge in [0.05, 0.1) is 24.8 Å². The number of nitrogen functional groups attached to an aromatic ring is 1. The molecule has 2 aliphatic rings. The third-order valence-corrected chi connectivity index (χ3v) is 6.65. The Hall–Kier alpha value is -3.58. The molecule has 6 rings (SSSR count). The fraction of sp³-hybridized carbons (Fsp3) is 0.269. The van der Waals surface area contributed by atoms with Crippen molar-refractivity contribution in [3.63, 3.8) is 0 Å². The summed E-state index contributed by atoms with van der Waals surface area (Å²) < 4.78 is 21.5. The molecule has 7 heteroatoms. The molecule has 6 nitrogen and oxygen atoms in total. The molecule has 1 saturated heterocycles. The van der Waals surface area contributed by atoms with Gasteiger partial charge in [-0.3, -0.25) is 4.68 Å². The fourth-order valence-corrected chi connectivity index (χ4v) is 4.84. The molecule has 0 bridgehead atoms. The Morgan fingerprint density at radius 3 is 2.76 bits per heavy atom. The SMILES string of the molecule is Nc1cc(F)ccc1-c1cc2c(o1)C=CN(c1ccc3c(cnn3CCN3CCCC3)c1)C2. The molecular formula is C26H26FN5O. The third-order valence-electron chi connectivity index (χ3n) is 6.65. The minimum absolute atomic E-state index is 0.353. The lowest BCUT2D eigenvalue weighted by molar-refractivity contribution is 0.318. The van der Waals surface area contributed by atoms with Crippen molar-refractivity contribution in [1.82, 2.24) is 14.7 Å². The maximum absolute atomic E-state index is 13.4. The van der Waals surface area contributed by atoms with Crippen LogP contribution >= 0.6 is 0 Å². The molecule has 2 N–H and O–H groups in total. The lowest BCUT2D eigenvalue weighted by Gasteiger charge is -2.23. The molecule has 0 unspecified atom stereocenters. The van der Waals surface area contributed by atoms with Crippen molar-refractivity contribution < 1.29 is 8.81 Å². The van der Waals surface area contributed by atoms with Gasteiger partial charge in [-0.1, -0.05) is 0 Å². The fourth-order valence-electron chi connectivity index (χ4n) is 4.84. The largest absolute Gasteiger partial charge is 0.456 e. The molecule has 0 radical (unpaired) electrons. The van der Waals surface area contributed by atoms with Gasteiger partial charge in [0.25, 0.3) is 0 Å². The van der Waals surface area contributed by atoms with Gasteiger partial charge in [0.2, 0.25) is 0 Å². The number of aromatic nitrogens is 2. The average Bonchev–Trinajstić information content (AvgIpc) is 3.56. The first-order valence-electron chi connectivity index (χ1n) is 11.4. The molecular weight excluding hydrogens is 417 g/mol. The van der Waals surface area contributed by atoms with E-state index < -0.39 is 0 Å². The maximum atomic E-state index is 13.4. The first-order chi connectivity index (χ1) is 16.1. The van der Waals surface area contributed by atoms with Gasteiger partial charge in [-0.15, -0.1) is 0 Å². The number of likely N-dealkylation sites (tertiary alicyclic amines) is 1. The summed E-state index contributed by atoms with van der Waals surface area (Å²) in [5.74, 6) is 1.10. The molecule has 2 aromatic heterocycles. The molecule has 1 fully saturated rings. The van der Waals surface area contributed by atoms with Crippen LogP contribution in [0.25, 0.3) is 28.3 Å². The Kier molecular flexibility index (Phi) is 4.91. The standard InChI is InChI=1S/C26H26FN5O/c27-20-3-5-22(23(28)15-20)26-14-19-17-31(10-7-25(19)33-26)21-4-6-24-18(13-21)16-29-32(24)12-11-30-8-1-2-9-30/h3-7,10,13-16H,1-2,8-9,11-12,17,28H2. The van der Waals surface area contributed by atoms with Crippen molar-refractivity contribution in [2.24, 2.45) is 0 Å². The molecule has 0 amide bonds. The number of hydrogen-bond acceptors (Lipinski definition) is 5. The van der Waals surface area contributed by atoms with Crippen molar-refractivity contribution in [2.75, 3.05) is 30.3 Å². The Balaban J connectivity index is 1.21. The number of benzene rings is 2. The normalized spacial score (nSPS) is 16.1. The van der Waals surface area contributed by atoms with E-state index in [9.17, 15) is 4.39 Å². The minimum atomic E-state index is -0.353. The number of rotatable bonds is 5. The summed E-state index contributed by atoms with van der Waals surface area (Å²) in [5, 5.41) is 5.77. The highest BCUT2D eigenvalue weighted by atomic mass is 19.1. The van der Waals surface area contributed by atoms with E-state index >= 15 is 0 Å². The summed E-state index contributed by atoms with van der Waals surface area (Å²) in [5.41, 5.74) is 10.4. The molecule has 0 saturated carbocycles. The predicted octanol–water partition coefficient (Wildman–Crippen LogP) is 5.10. The molecule has 0 atom stereocenters. The lowest BCUT2D eigenvalue weighted by atomic mass is 10.1. The second-order valence-corrected chi connectivity index (χ2v) is 8.83. The number of anilines is 2. The highest BCUT2D eigenvalue weighted by molar-refractivity contribution is 5.83. The minimum Gasteiger partial charge on any atom is -0.456 e. The highest BCUT2D eigenvalue weighted by Crippen LogP contribution is 2.35. The second-order valence-electron chi connectivity index (χ2n) is 8.83. The van der Waals surface area contributed by atoms with Crippen LogP contribution in [0.15, 0.2) is 59.3 Å². The lowest BCUT2D eigenvalue weighted by Crippen LogP contribution is -2.24. The number of fused-ring (bicyclic) bond motifs is 2. The van der Waals surface area contributed by atoms with Gasteiger partial charge in [-0.25, -0.2) is 4.39 Å². The van der Waals surface area contributed by atoms with E-state index in [0.29, 0.717) is 23.6 Å². The van der Waals surface area contributed by atoms with E-state index in [1.54, 1.807) is 6.07 Å². The Bertz CT molecular complexity index is 1350. The van der Waals surface area contributed by atoms with E-state index in [1.165, 1.54) is 38.1 Å².